The summed E-state index contributed by atoms with van der Waals surface area (Å²) >= 11 is 0. The summed E-state index contributed by atoms with van der Waals surface area (Å²) in [7, 11) is -3.87. The number of benzene rings is 3. The third-order valence-electron chi connectivity index (χ3n) is 5.75. The van der Waals surface area contributed by atoms with E-state index in [1.165, 1.54) is 11.6 Å². The third kappa shape index (κ3) is 6.85. The Bertz CT molecular complexity index is 1310. The molecule has 3 aromatic rings. The van der Waals surface area contributed by atoms with Crippen molar-refractivity contribution in [2.24, 2.45) is 0 Å². The lowest BCUT2D eigenvalue weighted by Gasteiger charge is -2.19. The minimum Gasteiger partial charge on any atom is -0.492 e. The predicted octanol–water partition coefficient (Wildman–Crippen LogP) is 5.52. The van der Waals surface area contributed by atoms with Crippen LogP contribution in [0.25, 0.3) is 0 Å². The molecule has 0 heterocycles. The number of hydrogen-bond donors (Lipinski definition) is 2. The van der Waals surface area contributed by atoms with Gasteiger partial charge in [-0.15, -0.1) is 0 Å². The van der Waals surface area contributed by atoms with Gasteiger partial charge in [0, 0.05) is 5.56 Å². The second-order valence-corrected chi connectivity index (χ2v) is 11.4. The zero-order chi connectivity index (χ0) is 25.8. The van der Waals surface area contributed by atoms with Gasteiger partial charge < -0.3 is 10.1 Å². The highest BCUT2D eigenvalue weighted by Crippen LogP contribution is 2.25. The van der Waals surface area contributed by atoms with Gasteiger partial charge in [-0.3, -0.25) is 9.52 Å². The molecule has 0 unspecified atom stereocenters. The summed E-state index contributed by atoms with van der Waals surface area (Å²) in [4.78, 5) is 12.7. The van der Waals surface area contributed by atoms with Crippen LogP contribution in [-0.2, 0) is 15.4 Å². The Labute approximate surface area is 208 Å². The minimum atomic E-state index is -3.87. The maximum atomic E-state index is 13.1. The topological polar surface area (TPSA) is 84.5 Å². The molecular weight excluding hydrogens is 460 g/mol. The smallest absolute Gasteiger partial charge is 0.262 e. The summed E-state index contributed by atoms with van der Waals surface area (Å²) in [5, 5.41) is 2.79. The van der Waals surface area contributed by atoms with Crippen LogP contribution in [0.5, 0.6) is 5.75 Å². The number of anilines is 1. The van der Waals surface area contributed by atoms with E-state index in [1.807, 2.05) is 50.2 Å². The van der Waals surface area contributed by atoms with Gasteiger partial charge in [0.15, 0.2) is 0 Å². The normalized spacial score (nSPS) is 11.7. The minimum absolute atomic E-state index is 0.0706. The highest BCUT2D eigenvalue weighted by molar-refractivity contribution is 7.92. The second kappa shape index (κ2) is 10.5. The molecule has 7 heteroatoms. The molecular formula is C28H34N2O4S. The lowest BCUT2D eigenvalue weighted by molar-refractivity contribution is 0.0946. The molecule has 2 N–H and O–H groups in total. The Hall–Kier alpha value is -3.32. The summed E-state index contributed by atoms with van der Waals surface area (Å²) in [5.41, 5.74) is 4.40. The Morgan fingerprint density at radius 1 is 0.886 bits per heavy atom. The van der Waals surface area contributed by atoms with Crippen molar-refractivity contribution in [1.29, 1.82) is 0 Å². The van der Waals surface area contributed by atoms with Crippen LogP contribution < -0.4 is 14.8 Å². The lowest BCUT2D eigenvalue weighted by Crippen LogP contribution is -2.28. The van der Waals surface area contributed by atoms with Gasteiger partial charge >= 0.3 is 0 Å². The average Bonchev–Trinajstić information content (AvgIpc) is 2.78. The van der Waals surface area contributed by atoms with Crippen molar-refractivity contribution in [3.8, 4) is 5.75 Å². The van der Waals surface area contributed by atoms with Crippen LogP contribution in [0, 0.1) is 20.8 Å². The lowest BCUT2D eigenvalue weighted by atomic mass is 9.87. The second-order valence-electron chi connectivity index (χ2n) is 9.78. The third-order valence-corrected chi connectivity index (χ3v) is 7.26. The Balaban J connectivity index is 1.63. The van der Waals surface area contributed by atoms with Crippen LogP contribution in [0.2, 0.25) is 0 Å². The molecule has 35 heavy (non-hydrogen) atoms. The van der Waals surface area contributed by atoms with E-state index in [-0.39, 0.29) is 28.3 Å². The standard InChI is InChI=1S/C28H34N2O4S/c1-19-7-8-20(2)25(17-19)30-35(32,33)26-18-22(10-9-21(26)3)27(31)29-15-16-34-24-13-11-23(12-14-24)28(4,5)6/h7-14,17-18,30H,15-16H2,1-6H3,(H,29,31). The van der Waals surface area contributed by atoms with E-state index in [0.29, 0.717) is 17.9 Å². The quantitative estimate of drug-likeness (QED) is 0.404. The van der Waals surface area contributed by atoms with E-state index in [1.54, 1.807) is 25.1 Å². The Morgan fingerprint density at radius 3 is 2.20 bits per heavy atom. The largest absolute Gasteiger partial charge is 0.492 e. The van der Waals surface area contributed by atoms with Crippen LogP contribution in [-0.4, -0.2) is 27.5 Å². The van der Waals surface area contributed by atoms with Crippen LogP contribution >= 0.6 is 0 Å². The highest BCUT2D eigenvalue weighted by Gasteiger charge is 2.20. The molecule has 0 aliphatic rings. The first kappa shape index (κ1) is 26.3. The SMILES string of the molecule is Cc1ccc(C)c(NS(=O)(=O)c2cc(C(=O)NCCOc3ccc(C(C)(C)C)cc3)ccc2C)c1. The number of hydrogen-bond acceptors (Lipinski definition) is 4. The van der Waals surface area contributed by atoms with Gasteiger partial charge in [0.25, 0.3) is 15.9 Å². The van der Waals surface area contributed by atoms with Gasteiger partial charge in [-0.2, -0.15) is 0 Å². The maximum Gasteiger partial charge on any atom is 0.262 e. The van der Waals surface area contributed by atoms with Crippen LogP contribution in [0.1, 0.15) is 53.4 Å². The van der Waals surface area contributed by atoms with Crippen LogP contribution in [0.3, 0.4) is 0 Å². The van der Waals surface area contributed by atoms with Gasteiger partial charge in [0.2, 0.25) is 0 Å². The van der Waals surface area contributed by atoms with Gasteiger partial charge in [-0.25, -0.2) is 8.42 Å². The first-order valence-electron chi connectivity index (χ1n) is 11.6. The van der Waals surface area contributed by atoms with Crippen molar-refractivity contribution < 1.29 is 17.9 Å². The molecule has 0 aliphatic carbocycles. The molecule has 0 radical (unpaired) electrons. The van der Waals surface area contributed by atoms with E-state index < -0.39 is 10.0 Å². The van der Waals surface area contributed by atoms with Gasteiger partial charge in [-0.1, -0.05) is 51.1 Å². The molecule has 1 amide bonds. The molecule has 3 rings (SSSR count). The zero-order valence-electron chi connectivity index (χ0n) is 21.2. The molecule has 0 bridgehead atoms. The molecule has 0 aliphatic heterocycles. The van der Waals surface area contributed by atoms with Crippen molar-refractivity contribution in [1.82, 2.24) is 5.32 Å². The van der Waals surface area contributed by atoms with Gasteiger partial charge in [-0.05, 0) is 78.8 Å². The Morgan fingerprint density at radius 2 is 1.54 bits per heavy atom. The monoisotopic (exact) mass is 494 g/mol. The number of ether oxygens (including phenoxy) is 1. The highest BCUT2D eigenvalue weighted by atomic mass is 32.2. The van der Waals surface area contributed by atoms with Crippen LogP contribution in [0.4, 0.5) is 5.69 Å². The molecule has 0 saturated heterocycles. The van der Waals surface area contributed by atoms with E-state index in [4.69, 9.17) is 4.74 Å². The summed E-state index contributed by atoms with van der Waals surface area (Å²) in [6, 6.07) is 18.2. The Kier molecular flexibility index (Phi) is 7.90. The number of amides is 1. The van der Waals surface area contributed by atoms with Crippen molar-refractivity contribution >= 4 is 21.6 Å². The summed E-state index contributed by atoms with van der Waals surface area (Å²) in [5.74, 6) is 0.369. The number of sulfonamides is 1. The van der Waals surface area contributed by atoms with Crippen molar-refractivity contribution in [3.63, 3.8) is 0 Å². The summed E-state index contributed by atoms with van der Waals surface area (Å²) < 4.78 is 34.6. The number of carbonyl (C=O) groups excluding carboxylic acids is 1. The maximum absolute atomic E-state index is 13.1. The van der Waals surface area contributed by atoms with Crippen LogP contribution in [0.15, 0.2) is 65.6 Å². The number of carbonyl (C=O) groups is 1. The molecule has 3 aromatic carbocycles. The first-order valence-corrected chi connectivity index (χ1v) is 13.1. The molecule has 0 fully saturated rings. The van der Waals surface area contributed by atoms with Crippen molar-refractivity contribution in [3.05, 3.63) is 88.5 Å². The number of aryl methyl sites for hydroxylation is 3. The van der Waals surface area contributed by atoms with E-state index in [9.17, 15) is 13.2 Å². The molecule has 0 atom stereocenters. The summed E-state index contributed by atoms with van der Waals surface area (Å²) in [6.45, 7) is 12.5. The van der Waals surface area contributed by atoms with Gasteiger partial charge in [0.1, 0.15) is 12.4 Å². The van der Waals surface area contributed by atoms with E-state index in [0.717, 1.165) is 16.9 Å². The predicted molar refractivity (Wildman–Crippen MR) is 141 cm³/mol. The fourth-order valence-electron chi connectivity index (χ4n) is 3.56. The first-order chi connectivity index (χ1) is 16.4. The van der Waals surface area contributed by atoms with E-state index in [2.05, 4.69) is 30.8 Å². The molecule has 0 spiro atoms. The molecule has 0 saturated carbocycles. The average molecular weight is 495 g/mol. The summed E-state index contributed by atoms with van der Waals surface area (Å²) in [6.07, 6.45) is 0. The van der Waals surface area contributed by atoms with Crippen molar-refractivity contribution in [2.75, 3.05) is 17.9 Å². The fraction of sp³-hybridized carbons (Fsp3) is 0.321. The van der Waals surface area contributed by atoms with Crippen molar-refractivity contribution in [2.45, 2.75) is 51.9 Å². The zero-order valence-corrected chi connectivity index (χ0v) is 22.0. The van der Waals surface area contributed by atoms with E-state index >= 15 is 0 Å². The molecule has 6 nitrogen and oxygen atoms in total. The molecule has 0 aromatic heterocycles. The molecule has 186 valence electrons. The van der Waals surface area contributed by atoms with Gasteiger partial charge in [0.05, 0.1) is 17.1 Å². The fourth-order valence-corrected chi connectivity index (χ4v) is 4.96. The number of rotatable bonds is 8. The number of nitrogens with one attached hydrogen (secondary N) is 2.